The van der Waals surface area contributed by atoms with Crippen molar-refractivity contribution in [2.24, 2.45) is 10.8 Å². The molecule has 1 aliphatic heterocycles. The molecule has 0 amide bonds. The molecule has 0 unspecified atom stereocenters. The zero-order valence-electron chi connectivity index (χ0n) is 9.65. The Balaban J connectivity index is 2.65. The van der Waals surface area contributed by atoms with Crippen LogP contribution in [0.4, 0.5) is 0 Å². The van der Waals surface area contributed by atoms with Gasteiger partial charge in [-0.3, -0.25) is 10.4 Å². The van der Waals surface area contributed by atoms with Crippen LogP contribution in [0.3, 0.4) is 0 Å². The van der Waals surface area contributed by atoms with Crippen molar-refractivity contribution in [2.75, 3.05) is 31.1 Å². The van der Waals surface area contributed by atoms with Crippen LogP contribution in [-0.4, -0.2) is 50.4 Å². The first-order valence-corrected chi connectivity index (χ1v) is 7.37. The number of aliphatic imine (C=N–C) groups is 1. The highest BCUT2D eigenvalue weighted by molar-refractivity contribution is 7.91. The molecule has 3 N–H and O–H groups in total. The summed E-state index contributed by atoms with van der Waals surface area (Å²) in [6.07, 6.45) is 1.58. The van der Waals surface area contributed by atoms with Crippen molar-refractivity contribution in [3.8, 4) is 0 Å². The van der Waals surface area contributed by atoms with Gasteiger partial charge in [-0.2, -0.15) is 0 Å². The summed E-state index contributed by atoms with van der Waals surface area (Å²) in [5, 5.41) is 0. The fourth-order valence-electron chi connectivity index (χ4n) is 1.60. The smallest absolute Gasteiger partial charge is 0.208 e. The predicted molar refractivity (Wildman–Crippen MR) is 64.8 cm³/mol. The molecule has 16 heavy (non-hydrogen) atoms. The Morgan fingerprint density at radius 2 is 2.19 bits per heavy atom. The van der Waals surface area contributed by atoms with E-state index >= 15 is 0 Å². The number of hydrazine groups is 1. The summed E-state index contributed by atoms with van der Waals surface area (Å²) in [6, 6.07) is 0. The van der Waals surface area contributed by atoms with Gasteiger partial charge in [0.1, 0.15) is 0 Å². The first-order chi connectivity index (χ1) is 7.59. The van der Waals surface area contributed by atoms with Gasteiger partial charge in [0.2, 0.25) is 5.96 Å². The number of sulfone groups is 1. The van der Waals surface area contributed by atoms with E-state index in [0.29, 0.717) is 32.0 Å². The summed E-state index contributed by atoms with van der Waals surface area (Å²) in [5.74, 6) is 6.43. The fourth-order valence-corrected chi connectivity index (χ4v) is 2.88. The van der Waals surface area contributed by atoms with E-state index in [4.69, 9.17) is 5.84 Å². The number of rotatable bonds is 2. The Hall–Kier alpha value is -0.820. The summed E-state index contributed by atoms with van der Waals surface area (Å²) < 4.78 is 22.8. The predicted octanol–water partition coefficient (Wildman–Crippen LogP) is -0.664. The van der Waals surface area contributed by atoms with Crippen molar-refractivity contribution in [3.05, 3.63) is 0 Å². The Bertz CT molecular complexity index is 339. The zero-order valence-corrected chi connectivity index (χ0v) is 10.5. The van der Waals surface area contributed by atoms with Crippen molar-refractivity contribution < 1.29 is 8.42 Å². The first-order valence-electron chi connectivity index (χ1n) is 5.55. The van der Waals surface area contributed by atoms with E-state index in [9.17, 15) is 8.42 Å². The van der Waals surface area contributed by atoms with Crippen LogP contribution in [0, 0.1) is 0 Å². The minimum Gasteiger partial charge on any atom is -0.341 e. The van der Waals surface area contributed by atoms with Crippen LogP contribution >= 0.6 is 0 Å². The molecule has 1 fully saturated rings. The number of nitrogens with one attached hydrogen (secondary N) is 1. The van der Waals surface area contributed by atoms with Gasteiger partial charge in [-0.25, -0.2) is 14.3 Å². The van der Waals surface area contributed by atoms with Gasteiger partial charge in [0.05, 0.1) is 11.5 Å². The van der Waals surface area contributed by atoms with Crippen LogP contribution < -0.4 is 11.3 Å². The Morgan fingerprint density at radius 3 is 2.81 bits per heavy atom. The minimum absolute atomic E-state index is 0.180. The molecule has 0 spiro atoms. The minimum atomic E-state index is -2.88. The van der Waals surface area contributed by atoms with Crippen molar-refractivity contribution in [3.63, 3.8) is 0 Å². The molecule has 1 heterocycles. The summed E-state index contributed by atoms with van der Waals surface area (Å²) in [6.45, 7) is 3.88. The SMILES string of the molecule is CCCN=C(NN)N1CCCS(=O)(=O)CC1. The van der Waals surface area contributed by atoms with Crippen LogP contribution in [0.5, 0.6) is 0 Å². The lowest BCUT2D eigenvalue weighted by Gasteiger charge is -2.22. The highest BCUT2D eigenvalue weighted by atomic mass is 32.2. The fraction of sp³-hybridized carbons (Fsp3) is 0.889. The number of hydrogen-bond donors (Lipinski definition) is 2. The van der Waals surface area contributed by atoms with Crippen molar-refractivity contribution in [1.29, 1.82) is 0 Å². The second-order valence-corrected chi connectivity index (χ2v) is 6.15. The van der Waals surface area contributed by atoms with Crippen LogP contribution in [-0.2, 0) is 9.84 Å². The molecule has 0 atom stereocenters. The third-order valence-electron chi connectivity index (χ3n) is 2.47. The van der Waals surface area contributed by atoms with Gasteiger partial charge >= 0.3 is 0 Å². The largest absolute Gasteiger partial charge is 0.341 e. The molecule has 0 bridgehead atoms. The van der Waals surface area contributed by atoms with Crippen LogP contribution in [0.1, 0.15) is 19.8 Å². The number of hydrogen-bond acceptors (Lipinski definition) is 4. The lowest BCUT2D eigenvalue weighted by Crippen LogP contribution is -2.46. The maximum absolute atomic E-state index is 11.4. The monoisotopic (exact) mass is 248 g/mol. The molecule has 0 aromatic heterocycles. The van der Waals surface area contributed by atoms with E-state index in [1.54, 1.807) is 0 Å². The number of nitrogens with zero attached hydrogens (tertiary/aromatic N) is 2. The Kier molecular flexibility index (Phi) is 5.01. The van der Waals surface area contributed by atoms with Gasteiger partial charge in [0.15, 0.2) is 9.84 Å². The third kappa shape index (κ3) is 3.97. The lowest BCUT2D eigenvalue weighted by molar-refractivity contribution is 0.431. The van der Waals surface area contributed by atoms with E-state index in [1.165, 1.54) is 0 Å². The van der Waals surface area contributed by atoms with Crippen molar-refractivity contribution >= 4 is 15.8 Å². The van der Waals surface area contributed by atoms with E-state index in [2.05, 4.69) is 10.4 Å². The van der Waals surface area contributed by atoms with Crippen LogP contribution in [0.15, 0.2) is 4.99 Å². The van der Waals surface area contributed by atoms with E-state index < -0.39 is 9.84 Å². The molecule has 0 radical (unpaired) electrons. The van der Waals surface area contributed by atoms with Gasteiger partial charge in [0.25, 0.3) is 0 Å². The average Bonchev–Trinajstić information content (AvgIpc) is 2.41. The first kappa shape index (κ1) is 13.2. The highest BCUT2D eigenvalue weighted by Crippen LogP contribution is 2.05. The second kappa shape index (κ2) is 6.05. The molecule has 7 heteroatoms. The third-order valence-corrected chi connectivity index (χ3v) is 4.18. The highest BCUT2D eigenvalue weighted by Gasteiger charge is 2.20. The quantitative estimate of drug-likeness (QED) is 0.293. The topological polar surface area (TPSA) is 87.8 Å². The molecule has 94 valence electrons. The van der Waals surface area contributed by atoms with E-state index in [1.807, 2.05) is 11.8 Å². The standard InChI is InChI=1S/C9H20N4O2S/c1-2-4-11-9(12-10)13-5-3-7-16(14,15)8-6-13/h2-8,10H2,1H3,(H,11,12). The molecule has 0 aliphatic carbocycles. The molecule has 1 rings (SSSR count). The van der Waals surface area contributed by atoms with E-state index in [-0.39, 0.29) is 11.5 Å². The molecular formula is C9H20N4O2S. The Labute approximate surface area is 96.8 Å². The van der Waals surface area contributed by atoms with E-state index in [0.717, 1.165) is 6.42 Å². The molecule has 0 aromatic carbocycles. The van der Waals surface area contributed by atoms with Gasteiger partial charge in [0, 0.05) is 19.6 Å². The van der Waals surface area contributed by atoms with Crippen molar-refractivity contribution in [2.45, 2.75) is 19.8 Å². The summed E-state index contributed by atoms with van der Waals surface area (Å²) in [4.78, 5) is 6.19. The Morgan fingerprint density at radius 1 is 1.44 bits per heavy atom. The summed E-state index contributed by atoms with van der Waals surface area (Å²) in [5.41, 5.74) is 2.54. The molecule has 0 saturated carbocycles. The van der Waals surface area contributed by atoms with Crippen LogP contribution in [0.2, 0.25) is 0 Å². The van der Waals surface area contributed by atoms with Gasteiger partial charge in [-0.15, -0.1) is 0 Å². The molecule has 0 aromatic rings. The maximum Gasteiger partial charge on any atom is 0.208 e. The van der Waals surface area contributed by atoms with Gasteiger partial charge in [-0.1, -0.05) is 6.92 Å². The molecular weight excluding hydrogens is 228 g/mol. The lowest BCUT2D eigenvalue weighted by atomic mass is 10.4. The molecule has 6 nitrogen and oxygen atoms in total. The number of guanidine groups is 1. The second-order valence-electron chi connectivity index (χ2n) is 3.84. The van der Waals surface area contributed by atoms with Crippen molar-refractivity contribution in [1.82, 2.24) is 10.3 Å². The zero-order chi connectivity index (χ0) is 12.0. The number of nitrogens with two attached hydrogens (primary N) is 1. The normalized spacial score (nSPS) is 21.6. The van der Waals surface area contributed by atoms with Gasteiger partial charge < -0.3 is 4.90 Å². The summed E-state index contributed by atoms with van der Waals surface area (Å²) in [7, 11) is -2.88. The maximum atomic E-state index is 11.4. The van der Waals surface area contributed by atoms with Gasteiger partial charge in [-0.05, 0) is 12.8 Å². The molecule has 1 saturated heterocycles. The van der Waals surface area contributed by atoms with Crippen LogP contribution in [0.25, 0.3) is 0 Å². The summed E-state index contributed by atoms with van der Waals surface area (Å²) >= 11 is 0. The average molecular weight is 248 g/mol. The molecule has 1 aliphatic rings.